The minimum Gasteiger partial charge on any atom is -0.316 e. The van der Waals surface area contributed by atoms with Crippen LogP contribution >= 0.6 is 15.9 Å². The standard InChI is InChI=1S/C15H21BrN4/c1-3-8-17-10-12(9-15-18-11-19-20(15)2)13-6-4-5-7-14(13)16/h4-7,11-12,17H,3,8-10H2,1-2H3. The van der Waals surface area contributed by atoms with Gasteiger partial charge in [0.15, 0.2) is 0 Å². The van der Waals surface area contributed by atoms with Crippen molar-refractivity contribution in [2.45, 2.75) is 25.7 Å². The molecule has 2 rings (SSSR count). The highest BCUT2D eigenvalue weighted by Gasteiger charge is 2.17. The summed E-state index contributed by atoms with van der Waals surface area (Å²) in [6, 6.07) is 8.41. The summed E-state index contributed by atoms with van der Waals surface area (Å²) in [7, 11) is 1.94. The summed E-state index contributed by atoms with van der Waals surface area (Å²) in [6.07, 6.45) is 3.65. The van der Waals surface area contributed by atoms with Gasteiger partial charge in [0.25, 0.3) is 0 Å². The number of benzene rings is 1. The molecule has 108 valence electrons. The zero-order chi connectivity index (χ0) is 14.4. The van der Waals surface area contributed by atoms with Gasteiger partial charge in [0.2, 0.25) is 0 Å². The Kier molecular flexibility index (Phi) is 5.73. The summed E-state index contributed by atoms with van der Waals surface area (Å²) < 4.78 is 3.01. The van der Waals surface area contributed by atoms with E-state index in [9.17, 15) is 0 Å². The third-order valence-electron chi connectivity index (χ3n) is 3.40. The molecule has 20 heavy (non-hydrogen) atoms. The minimum absolute atomic E-state index is 0.389. The van der Waals surface area contributed by atoms with Gasteiger partial charge in [0, 0.05) is 30.4 Å². The van der Waals surface area contributed by atoms with E-state index < -0.39 is 0 Å². The second kappa shape index (κ2) is 7.55. The fraction of sp³-hybridized carbons (Fsp3) is 0.467. The van der Waals surface area contributed by atoms with E-state index in [2.05, 4.69) is 56.5 Å². The van der Waals surface area contributed by atoms with Crippen molar-refractivity contribution in [2.75, 3.05) is 13.1 Å². The SMILES string of the molecule is CCCNCC(Cc1ncnn1C)c1ccccc1Br. The van der Waals surface area contributed by atoms with Crippen molar-refractivity contribution in [1.29, 1.82) is 0 Å². The largest absolute Gasteiger partial charge is 0.316 e. The molecule has 0 radical (unpaired) electrons. The molecule has 0 saturated carbocycles. The topological polar surface area (TPSA) is 42.7 Å². The maximum Gasteiger partial charge on any atom is 0.138 e. The molecule has 0 amide bonds. The molecule has 0 aliphatic carbocycles. The fourth-order valence-electron chi connectivity index (χ4n) is 2.28. The smallest absolute Gasteiger partial charge is 0.138 e. The van der Waals surface area contributed by atoms with Gasteiger partial charge in [-0.3, -0.25) is 4.68 Å². The van der Waals surface area contributed by atoms with Gasteiger partial charge < -0.3 is 5.32 Å². The van der Waals surface area contributed by atoms with Crippen LogP contribution in [0, 0.1) is 0 Å². The molecular weight excluding hydrogens is 316 g/mol. The number of nitrogens with one attached hydrogen (secondary N) is 1. The molecule has 1 aromatic heterocycles. The van der Waals surface area contributed by atoms with Crippen molar-refractivity contribution >= 4 is 15.9 Å². The van der Waals surface area contributed by atoms with Crippen LogP contribution in [0.1, 0.15) is 30.7 Å². The van der Waals surface area contributed by atoms with E-state index in [1.807, 2.05) is 17.8 Å². The molecule has 4 nitrogen and oxygen atoms in total. The zero-order valence-corrected chi connectivity index (χ0v) is 13.6. The number of hydrogen-bond donors (Lipinski definition) is 1. The molecule has 0 spiro atoms. The van der Waals surface area contributed by atoms with Crippen molar-refractivity contribution in [3.63, 3.8) is 0 Å². The van der Waals surface area contributed by atoms with Gasteiger partial charge >= 0.3 is 0 Å². The van der Waals surface area contributed by atoms with Crippen molar-refractivity contribution in [1.82, 2.24) is 20.1 Å². The van der Waals surface area contributed by atoms with Crippen LogP contribution in [0.25, 0.3) is 0 Å². The second-order valence-electron chi connectivity index (χ2n) is 4.93. The Balaban J connectivity index is 2.16. The van der Waals surface area contributed by atoms with E-state index in [0.717, 1.165) is 36.2 Å². The fourth-order valence-corrected chi connectivity index (χ4v) is 2.89. The highest BCUT2D eigenvalue weighted by atomic mass is 79.9. The molecule has 1 heterocycles. The lowest BCUT2D eigenvalue weighted by atomic mass is 9.95. The highest BCUT2D eigenvalue weighted by Crippen LogP contribution is 2.26. The summed E-state index contributed by atoms with van der Waals surface area (Å²) >= 11 is 3.66. The summed E-state index contributed by atoms with van der Waals surface area (Å²) in [4.78, 5) is 4.35. The minimum atomic E-state index is 0.389. The second-order valence-corrected chi connectivity index (χ2v) is 5.78. The first-order chi connectivity index (χ1) is 9.72. The average Bonchev–Trinajstić information content (AvgIpc) is 2.84. The monoisotopic (exact) mass is 336 g/mol. The number of halogens is 1. The summed E-state index contributed by atoms with van der Waals surface area (Å²) in [5.74, 6) is 1.41. The first-order valence-corrected chi connectivity index (χ1v) is 7.79. The lowest BCUT2D eigenvalue weighted by molar-refractivity contribution is 0.550. The molecule has 1 aromatic carbocycles. The number of rotatable bonds is 7. The van der Waals surface area contributed by atoms with E-state index in [1.54, 1.807) is 6.33 Å². The third-order valence-corrected chi connectivity index (χ3v) is 4.12. The summed E-state index contributed by atoms with van der Waals surface area (Å²) in [6.45, 7) is 4.17. The van der Waals surface area contributed by atoms with Crippen LogP contribution in [0.2, 0.25) is 0 Å². The first-order valence-electron chi connectivity index (χ1n) is 7.00. The molecule has 5 heteroatoms. The van der Waals surface area contributed by atoms with Gasteiger partial charge in [-0.1, -0.05) is 41.1 Å². The third kappa shape index (κ3) is 3.90. The Hall–Kier alpha value is -1.20. The van der Waals surface area contributed by atoms with E-state index >= 15 is 0 Å². The van der Waals surface area contributed by atoms with Crippen LogP contribution in [-0.2, 0) is 13.5 Å². The Morgan fingerprint density at radius 1 is 1.35 bits per heavy atom. The predicted molar refractivity (Wildman–Crippen MR) is 84.8 cm³/mol. The van der Waals surface area contributed by atoms with Crippen LogP contribution in [0.15, 0.2) is 35.1 Å². The van der Waals surface area contributed by atoms with Crippen molar-refractivity contribution in [3.8, 4) is 0 Å². The van der Waals surface area contributed by atoms with E-state index in [-0.39, 0.29) is 0 Å². The van der Waals surface area contributed by atoms with Gasteiger partial charge in [0.1, 0.15) is 12.2 Å². The van der Waals surface area contributed by atoms with E-state index in [4.69, 9.17) is 0 Å². The number of hydrogen-bond acceptors (Lipinski definition) is 3. The van der Waals surface area contributed by atoms with Crippen LogP contribution in [0.5, 0.6) is 0 Å². The molecule has 0 fully saturated rings. The molecular formula is C15H21BrN4. The predicted octanol–water partition coefficient (Wildman–Crippen LogP) is 2.90. The Labute approximate surface area is 128 Å². The van der Waals surface area contributed by atoms with Crippen molar-refractivity contribution in [2.24, 2.45) is 7.05 Å². The van der Waals surface area contributed by atoms with Crippen LogP contribution in [-0.4, -0.2) is 27.9 Å². The highest BCUT2D eigenvalue weighted by molar-refractivity contribution is 9.10. The van der Waals surface area contributed by atoms with Crippen LogP contribution in [0.4, 0.5) is 0 Å². The molecule has 0 saturated heterocycles. The number of aryl methyl sites for hydroxylation is 1. The van der Waals surface area contributed by atoms with Crippen molar-refractivity contribution in [3.05, 3.63) is 46.5 Å². The maximum atomic E-state index is 4.35. The van der Waals surface area contributed by atoms with Gasteiger partial charge in [-0.05, 0) is 24.6 Å². The Morgan fingerprint density at radius 3 is 2.80 bits per heavy atom. The zero-order valence-electron chi connectivity index (χ0n) is 12.0. The molecule has 1 unspecified atom stereocenters. The van der Waals surface area contributed by atoms with Crippen LogP contribution in [0.3, 0.4) is 0 Å². The van der Waals surface area contributed by atoms with E-state index in [1.165, 1.54) is 5.56 Å². The number of nitrogens with zero attached hydrogens (tertiary/aromatic N) is 3. The molecule has 0 aliphatic heterocycles. The Bertz CT molecular complexity index is 538. The van der Waals surface area contributed by atoms with Crippen molar-refractivity contribution < 1.29 is 0 Å². The summed E-state index contributed by atoms with van der Waals surface area (Å²) in [5, 5.41) is 7.67. The average molecular weight is 337 g/mol. The van der Waals surface area contributed by atoms with Crippen LogP contribution < -0.4 is 5.32 Å². The van der Waals surface area contributed by atoms with Gasteiger partial charge in [-0.2, -0.15) is 5.10 Å². The van der Waals surface area contributed by atoms with E-state index in [0.29, 0.717) is 5.92 Å². The summed E-state index contributed by atoms with van der Waals surface area (Å²) in [5.41, 5.74) is 1.32. The maximum absolute atomic E-state index is 4.35. The molecule has 0 aliphatic rings. The molecule has 1 N–H and O–H groups in total. The molecule has 2 aromatic rings. The quantitative estimate of drug-likeness (QED) is 0.790. The van der Waals surface area contributed by atoms with Gasteiger partial charge in [0.05, 0.1) is 0 Å². The van der Waals surface area contributed by atoms with Gasteiger partial charge in [-0.15, -0.1) is 0 Å². The lowest BCUT2D eigenvalue weighted by Gasteiger charge is -2.19. The first kappa shape index (κ1) is 15.2. The van der Waals surface area contributed by atoms with Gasteiger partial charge in [-0.25, -0.2) is 4.98 Å². The lowest BCUT2D eigenvalue weighted by Crippen LogP contribution is -2.24. The molecule has 1 atom stereocenters. The molecule has 0 bridgehead atoms. The number of aromatic nitrogens is 3. The normalized spacial score (nSPS) is 12.6. The Morgan fingerprint density at radius 2 is 2.15 bits per heavy atom.